The van der Waals surface area contributed by atoms with E-state index in [4.69, 9.17) is 5.73 Å². The maximum Gasteiger partial charge on any atom is 0.268 e. The fourth-order valence-electron chi connectivity index (χ4n) is 4.60. The SMILES string of the molecule is Cc1nc2ccc(-n3ncc(C(=O)c4cc5c(C)cccc5n4S(=O)(=O)c4ccccc4)c3N)cc2[nH]1. The van der Waals surface area contributed by atoms with Gasteiger partial charge in [0.05, 0.1) is 38.9 Å². The summed E-state index contributed by atoms with van der Waals surface area (Å²) in [6.07, 6.45) is 1.37. The molecular weight excluding hydrogens is 488 g/mol. The number of aromatic nitrogens is 5. The van der Waals surface area contributed by atoms with Crippen LogP contribution < -0.4 is 5.73 Å². The number of H-pyrrole nitrogens is 1. The van der Waals surface area contributed by atoms with Crippen molar-refractivity contribution in [3.8, 4) is 5.69 Å². The number of ketones is 1. The van der Waals surface area contributed by atoms with Crippen LogP contribution in [0.3, 0.4) is 0 Å². The van der Waals surface area contributed by atoms with Crippen LogP contribution in [0.1, 0.15) is 27.4 Å². The number of aromatic amines is 1. The lowest BCUT2D eigenvalue weighted by Crippen LogP contribution is -2.19. The van der Waals surface area contributed by atoms with Gasteiger partial charge in [-0.15, -0.1) is 0 Å². The predicted octanol–water partition coefficient (Wildman–Crippen LogP) is 4.37. The van der Waals surface area contributed by atoms with Gasteiger partial charge in [-0.3, -0.25) is 4.79 Å². The number of nitrogen functional groups attached to an aromatic ring is 1. The van der Waals surface area contributed by atoms with E-state index in [9.17, 15) is 13.2 Å². The van der Waals surface area contributed by atoms with Crippen molar-refractivity contribution in [3.63, 3.8) is 0 Å². The van der Waals surface area contributed by atoms with Gasteiger partial charge in [-0.1, -0.05) is 30.3 Å². The molecule has 0 saturated carbocycles. The number of benzene rings is 3. The molecule has 0 aliphatic heterocycles. The molecule has 6 aromatic rings. The topological polar surface area (TPSA) is 129 Å². The molecule has 9 nitrogen and oxygen atoms in total. The number of anilines is 1. The smallest absolute Gasteiger partial charge is 0.268 e. The molecule has 0 spiro atoms. The fraction of sp³-hybridized carbons (Fsp3) is 0.0741. The Kier molecular flexibility index (Phi) is 5.02. The van der Waals surface area contributed by atoms with Crippen molar-refractivity contribution in [1.29, 1.82) is 0 Å². The Balaban J connectivity index is 1.52. The maximum absolute atomic E-state index is 13.9. The Morgan fingerprint density at radius 1 is 0.973 bits per heavy atom. The standard InChI is InChI=1S/C27H22N6O3S/c1-16-7-6-10-24-20(16)14-25(33(24)37(35,36)19-8-4-3-5-9-19)26(34)21-15-29-32(27(21)28)18-11-12-22-23(13-18)31-17(2)30-22/h3-15H,28H2,1-2H3,(H,30,31). The molecule has 3 aromatic carbocycles. The molecule has 0 bridgehead atoms. The van der Waals surface area contributed by atoms with E-state index in [1.165, 1.54) is 23.0 Å². The highest BCUT2D eigenvalue weighted by molar-refractivity contribution is 7.90. The molecule has 0 saturated heterocycles. The zero-order chi connectivity index (χ0) is 25.9. The molecule has 6 rings (SSSR count). The summed E-state index contributed by atoms with van der Waals surface area (Å²) < 4.78 is 30.1. The lowest BCUT2D eigenvalue weighted by molar-refractivity contribution is 0.103. The van der Waals surface area contributed by atoms with E-state index in [-0.39, 0.29) is 22.0 Å². The fourth-order valence-corrected chi connectivity index (χ4v) is 6.13. The van der Waals surface area contributed by atoms with Crippen molar-refractivity contribution >= 4 is 43.6 Å². The van der Waals surface area contributed by atoms with Crippen molar-refractivity contribution in [2.45, 2.75) is 18.7 Å². The Bertz CT molecular complexity index is 1950. The molecule has 0 atom stereocenters. The predicted molar refractivity (Wildman–Crippen MR) is 141 cm³/mol. The number of nitrogens with one attached hydrogen (secondary N) is 1. The lowest BCUT2D eigenvalue weighted by atomic mass is 10.1. The normalized spacial score (nSPS) is 11.9. The minimum absolute atomic E-state index is 0.0148. The number of nitrogens with two attached hydrogens (primary N) is 1. The Morgan fingerprint density at radius 2 is 1.76 bits per heavy atom. The van der Waals surface area contributed by atoms with Gasteiger partial charge in [0.1, 0.15) is 17.3 Å². The Hall–Kier alpha value is -4.70. The first kappa shape index (κ1) is 22.7. The van der Waals surface area contributed by atoms with Gasteiger partial charge >= 0.3 is 0 Å². The molecule has 0 radical (unpaired) electrons. The Morgan fingerprint density at radius 3 is 2.54 bits per heavy atom. The zero-order valence-electron chi connectivity index (χ0n) is 20.0. The number of nitrogens with zero attached hydrogens (tertiary/aromatic N) is 4. The van der Waals surface area contributed by atoms with Crippen LogP contribution in [0.15, 0.2) is 83.9 Å². The quantitative estimate of drug-likeness (QED) is 0.331. The van der Waals surface area contributed by atoms with Gasteiger partial charge in [-0.2, -0.15) is 5.10 Å². The van der Waals surface area contributed by atoms with Crippen LogP contribution in [0, 0.1) is 13.8 Å². The summed E-state index contributed by atoms with van der Waals surface area (Å²) in [5.74, 6) is 0.336. The number of aryl methyl sites for hydroxylation is 2. The lowest BCUT2D eigenvalue weighted by Gasteiger charge is -2.12. The van der Waals surface area contributed by atoms with Crippen LogP contribution in [0.4, 0.5) is 5.82 Å². The van der Waals surface area contributed by atoms with E-state index in [1.807, 2.05) is 32.0 Å². The van der Waals surface area contributed by atoms with Gasteiger partial charge in [-0.25, -0.2) is 22.1 Å². The number of imidazole rings is 1. The van der Waals surface area contributed by atoms with Crippen molar-refractivity contribution in [2.24, 2.45) is 0 Å². The highest BCUT2D eigenvalue weighted by Crippen LogP contribution is 2.31. The van der Waals surface area contributed by atoms with E-state index in [0.717, 1.165) is 26.4 Å². The van der Waals surface area contributed by atoms with Crippen LogP contribution in [0.2, 0.25) is 0 Å². The molecular formula is C27H22N6O3S. The van der Waals surface area contributed by atoms with Gasteiger partial charge < -0.3 is 10.7 Å². The van der Waals surface area contributed by atoms with Gasteiger partial charge in [0.25, 0.3) is 10.0 Å². The third kappa shape index (κ3) is 3.53. The zero-order valence-corrected chi connectivity index (χ0v) is 20.8. The van der Waals surface area contributed by atoms with Crippen LogP contribution in [-0.2, 0) is 10.0 Å². The molecule has 3 heterocycles. The van der Waals surface area contributed by atoms with Gasteiger partial charge in [-0.05, 0) is 61.9 Å². The first-order chi connectivity index (χ1) is 17.8. The van der Waals surface area contributed by atoms with E-state index >= 15 is 0 Å². The van der Waals surface area contributed by atoms with Crippen LogP contribution in [0.25, 0.3) is 27.6 Å². The van der Waals surface area contributed by atoms with Crippen LogP contribution in [0.5, 0.6) is 0 Å². The van der Waals surface area contributed by atoms with E-state index in [2.05, 4.69) is 15.1 Å². The highest BCUT2D eigenvalue weighted by Gasteiger charge is 2.29. The maximum atomic E-state index is 13.9. The molecule has 0 unspecified atom stereocenters. The number of carbonyl (C=O) groups is 1. The summed E-state index contributed by atoms with van der Waals surface area (Å²) in [6.45, 7) is 3.73. The summed E-state index contributed by atoms with van der Waals surface area (Å²) in [5, 5.41) is 5.01. The largest absolute Gasteiger partial charge is 0.383 e. The van der Waals surface area contributed by atoms with Crippen molar-refractivity contribution in [3.05, 3.63) is 102 Å². The monoisotopic (exact) mass is 510 g/mol. The number of rotatable bonds is 5. The first-order valence-electron chi connectivity index (χ1n) is 11.5. The second-order valence-electron chi connectivity index (χ2n) is 8.83. The molecule has 0 aliphatic rings. The number of carbonyl (C=O) groups excluding carboxylic acids is 1. The molecule has 0 aliphatic carbocycles. The highest BCUT2D eigenvalue weighted by atomic mass is 32.2. The minimum atomic E-state index is -4.09. The van der Waals surface area contributed by atoms with Gasteiger partial charge in [0.15, 0.2) is 0 Å². The average molecular weight is 511 g/mol. The molecule has 3 aromatic heterocycles. The third-order valence-corrected chi connectivity index (χ3v) is 8.16. The minimum Gasteiger partial charge on any atom is -0.383 e. The van der Waals surface area contributed by atoms with Gasteiger partial charge in [0, 0.05) is 5.39 Å². The molecule has 0 amide bonds. The third-order valence-electron chi connectivity index (χ3n) is 6.41. The van der Waals surface area contributed by atoms with Crippen molar-refractivity contribution < 1.29 is 13.2 Å². The molecule has 37 heavy (non-hydrogen) atoms. The molecule has 10 heteroatoms. The second-order valence-corrected chi connectivity index (χ2v) is 10.6. The number of fused-ring (bicyclic) bond motifs is 2. The number of hydrogen-bond donors (Lipinski definition) is 2. The summed E-state index contributed by atoms with van der Waals surface area (Å²) in [4.78, 5) is 21.5. The Labute approximate surface area is 212 Å². The van der Waals surface area contributed by atoms with Crippen LogP contribution >= 0.6 is 0 Å². The molecule has 3 N–H and O–H groups in total. The molecule has 184 valence electrons. The van der Waals surface area contributed by atoms with Crippen molar-refractivity contribution in [1.82, 2.24) is 23.7 Å². The van der Waals surface area contributed by atoms with E-state index in [1.54, 1.807) is 42.5 Å². The average Bonchev–Trinajstić information content (AvgIpc) is 3.58. The van der Waals surface area contributed by atoms with Gasteiger partial charge in [0.2, 0.25) is 5.78 Å². The summed E-state index contributed by atoms with van der Waals surface area (Å²) >= 11 is 0. The number of hydrogen-bond acceptors (Lipinski definition) is 6. The summed E-state index contributed by atoms with van der Waals surface area (Å²) in [7, 11) is -4.09. The molecule has 0 fully saturated rings. The van der Waals surface area contributed by atoms with E-state index < -0.39 is 15.8 Å². The summed E-state index contributed by atoms with van der Waals surface area (Å²) in [6, 6.07) is 20.4. The first-order valence-corrected chi connectivity index (χ1v) is 13.0. The second kappa shape index (κ2) is 8.17. The van der Waals surface area contributed by atoms with Crippen LogP contribution in [-0.4, -0.2) is 37.9 Å². The van der Waals surface area contributed by atoms with Crippen molar-refractivity contribution in [2.75, 3.05) is 5.73 Å². The summed E-state index contributed by atoms with van der Waals surface area (Å²) in [5.41, 5.74) is 10.0. The van der Waals surface area contributed by atoms with E-state index in [0.29, 0.717) is 16.6 Å².